The Morgan fingerprint density at radius 1 is 1.10 bits per heavy atom. The molecule has 1 aliphatic heterocycles. The Bertz CT molecular complexity index is 541. The number of anilines is 1. The van der Waals surface area contributed by atoms with Crippen LogP contribution in [-0.2, 0) is 14.8 Å². The van der Waals surface area contributed by atoms with Crippen molar-refractivity contribution in [3.63, 3.8) is 0 Å². The Kier molecular flexibility index (Phi) is 4.36. The van der Waals surface area contributed by atoms with E-state index in [0.29, 0.717) is 31.2 Å². The number of benzene rings is 1. The van der Waals surface area contributed by atoms with Crippen LogP contribution < -0.4 is 5.32 Å². The lowest BCUT2D eigenvalue weighted by Gasteiger charge is -2.26. The van der Waals surface area contributed by atoms with Gasteiger partial charge in [0, 0.05) is 24.3 Å². The number of hydrogen-bond acceptors (Lipinski definition) is 4. The second-order valence-electron chi connectivity index (χ2n) is 5.92. The van der Waals surface area contributed by atoms with E-state index in [2.05, 4.69) is 26.1 Å². The van der Waals surface area contributed by atoms with Gasteiger partial charge in [-0.25, -0.2) is 8.42 Å². The van der Waals surface area contributed by atoms with Crippen molar-refractivity contribution in [1.82, 2.24) is 4.31 Å². The van der Waals surface area contributed by atoms with Gasteiger partial charge in [-0.2, -0.15) is 4.31 Å². The summed E-state index contributed by atoms with van der Waals surface area (Å²) < 4.78 is 31.5. The molecule has 1 saturated heterocycles. The summed E-state index contributed by atoms with van der Waals surface area (Å²) in [6, 6.07) is 6.91. The van der Waals surface area contributed by atoms with Gasteiger partial charge in [-0.3, -0.25) is 0 Å². The van der Waals surface area contributed by atoms with Crippen molar-refractivity contribution in [2.24, 2.45) is 0 Å². The third-order valence-electron chi connectivity index (χ3n) is 2.98. The molecule has 112 valence electrons. The van der Waals surface area contributed by atoms with Crippen molar-refractivity contribution in [3.05, 3.63) is 24.3 Å². The molecule has 0 aliphatic carbocycles. The Morgan fingerprint density at radius 2 is 1.65 bits per heavy atom. The summed E-state index contributed by atoms with van der Waals surface area (Å²) in [5.41, 5.74) is 0.864. The largest absolute Gasteiger partial charge is 0.380 e. The maximum Gasteiger partial charge on any atom is 0.243 e. The standard InChI is InChI=1S/C14H22N2O3S/c1-14(2,3)15-12-4-6-13(7-5-12)20(17,18)16-8-10-19-11-9-16/h4-7,15H,8-11H2,1-3H3. The highest BCUT2D eigenvalue weighted by molar-refractivity contribution is 7.89. The first-order valence-electron chi connectivity index (χ1n) is 6.75. The minimum absolute atomic E-state index is 0.0510. The van der Waals surface area contributed by atoms with Crippen molar-refractivity contribution in [3.8, 4) is 0 Å². The lowest BCUT2D eigenvalue weighted by atomic mass is 10.1. The van der Waals surface area contributed by atoms with Crippen LogP contribution in [-0.4, -0.2) is 44.6 Å². The van der Waals surface area contributed by atoms with E-state index in [9.17, 15) is 8.42 Å². The van der Waals surface area contributed by atoms with Gasteiger partial charge in [-0.1, -0.05) is 0 Å². The number of nitrogens with one attached hydrogen (secondary N) is 1. The highest BCUT2D eigenvalue weighted by Gasteiger charge is 2.26. The molecule has 1 aromatic rings. The van der Waals surface area contributed by atoms with Crippen molar-refractivity contribution in [1.29, 1.82) is 0 Å². The van der Waals surface area contributed by atoms with E-state index in [4.69, 9.17) is 4.74 Å². The molecule has 0 saturated carbocycles. The molecule has 0 atom stereocenters. The maximum absolute atomic E-state index is 12.4. The Balaban J connectivity index is 2.16. The molecule has 0 aromatic heterocycles. The molecule has 0 bridgehead atoms. The van der Waals surface area contributed by atoms with Crippen LogP contribution in [0.3, 0.4) is 0 Å². The monoisotopic (exact) mass is 298 g/mol. The van der Waals surface area contributed by atoms with Crippen LogP contribution >= 0.6 is 0 Å². The van der Waals surface area contributed by atoms with Crippen LogP contribution in [0, 0.1) is 0 Å². The summed E-state index contributed by atoms with van der Waals surface area (Å²) in [7, 11) is -3.40. The van der Waals surface area contributed by atoms with Crippen molar-refractivity contribution in [2.75, 3.05) is 31.6 Å². The SMILES string of the molecule is CC(C)(C)Nc1ccc(S(=O)(=O)N2CCOCC2)cc1. The van der Waals surface area contributed by atoms with Crippen LogP contribution in [0.2, 0.25) is 0 Å². The first-order valence-corrected chi connectivity index (χ1v) is 8.19. The highest BCUT2D eigenvalue weighted by atomic mass is 32.2. The summed E-state index contributed by atoms with van der Waals surface area (Å²) in [6.45, 7) is 7.95. The molecule has 1 heterocycles. The topological polar surface area (TPSA) is 58.6 Å². The fourth-order valence-electron chi connectivity index (χ4n) is 2.08. The minimum atomic E-state index is -3.40. The summed E-state index contributed by atoms with van der Waals surface area (Å²) in [5.74, 6) is 0. The molecule has 0 amide bonds. The summed E-state index contributed by atoms with van der Waals surface area (Å²) >= 11 is 0. The van der Waals surface area contributed by atoms with Gasteiger partial charge in [0.05, 0.1) is 18.1 Å². The van der Waals surface area contributed by atoms with Gasteiger partial charge in [0.2, 0.25) is 10.0 Å². The molecule has 6 heteroatoms. The van der Waals surface area contributed by atoms with Crippen LogP contribution in [0.5, 0.6) is 0 Å². The molecular formula is C14H22N2O3S. The smallest absolute Gasteiger partial charge is 0.243 e. The predicted octanol–water partition coefficient (Wildman–Crippen LogP) is 1.92. The average Bonchev–Trinajstić information content (AvgIpc) is 2.38. The van der Waals surface area contributed by atoms with E-state index in [0.717, 1.165) is 5.69 Å². The van der Waals surface area contributed by atoms with Gasteiger partial charge >= 0.3 is 0 Å². The number of hydrogen-bond donors (Lipinski definition) is 1. The lowest BCUT2D eigenvalue weighted by molar-refractivity contribution is 0.0730. The van der Waals surface area contributed by atoms with Gasteiger partial charge in [-0.15, -0.1) is 0 Å². The zero-order valence-corrected chi connectivity index (χ0v) is 13.0. The van der Waals surface area contributed by atoms with Crippen molar-refractivity contribution >= 4 is 15.7 Å². The normalized spacial score (nSPS) is 17.9. The van der Waals surface area contributed by atoms with E-state index in [1.165, 1.54) is 4.31 Å². The second kappa shape index (κ2) is 5.71. The lowest BCUT2D eigenvalue weighted by Crippen LogP contribution is -2.40. The maximum atomic E-state index is 12.4. The van der Waals surface area contributed by atoms with E-state index >= 15 is 0 Å². The second-order valence-corrected chi connectivity index (χ2v) is 7.85. The van der Waals surface area contributed by atoms with Crippen LogP contribution in [0.1, 0.15) is 20.8 Å². The van der Waals surface area contributed by atoms with E-state index in [1.54, 1.807) is 24.3 Å². The van der Waals surface area contributed by atoms with Crippen molar-refractivity contribution in [2.45, 2.75) is 31.2 Å². The number of nitrogens with zero attached hydrogens (tertiary/aromatic N) is 1. The molecule has 1 aromatic carbocycles. The quantitative estimate of drug-likeness (QED) is 0.926. The predicted molar refractivity (Wildman–Crippen MR) is 79.4 cm³/mol. The Hall–Kier alpha value is -1.11. The first-order chi connectivity index (χ1) is 9.29. The third-order valence-corrected chi connectivity index (χ3v) is 4.89. The summed E-state index contributed by atoms with van der Waals surface area (Å²) in [6.07, 6.45) is 0. The zero-order valence-electron chi connectivity index (χ0n) is 12.2. The van der Waals surface area contributed by atoms with Crippen LogP contribution in [0.25, 0.3) is 0 Å². The van der Waals surface area contributed by atoms with Gasteiger partial charge in [0.15, 0.2) is 0 Å². The number of ether oxygens (including phenoxy) is 1. The molecule has 1 aliphatic rings. The first kappa shape index (κ1) is 15.3. The van der Waals surface area contributed by atoms with E-state index in [1.807, 2.05) is 0 Å². The molecule has 0 spiro atoms. The molecule has 0 unspecified atom stereocenters. The number of rotatable bonds is 3. The third kappa shape index (κ3) is 3.71. The fourth-order valence-corrected chi connectivity index (χ4v) is 3.49. The molecule has 1 N–H and O–H groups in total. The Labute approximate surface area is 121 Å². The van der Waals surface area contributed by atoms with Gasteiger partial charge in [0.25, 0.3) is 0 Å². The average molecular weight is 298 g/mol. The van der Waals surface area contributed by atoms with Gasteiger partial charge in [0.1, 0.15) is 0 Å². The molecule has 2 rings (SSSR count). The van der Waals surface area contributed by atoms with E-state index in [-0.39, 0.29) is 5.54 Å². The highest BCUT2D eigenvalue weighted by Crippen LogP contribution is 2.21. The molecule has 1 fully saturated rings. The minimum Gasteiger partial charge on any atom is -0.380 e. The van der Waals surface area contributed by atoms with Gasteiger partial charge < -0.3 is 10.1 Å². The molecule has 20 heavy (non-hydrogen) atoms. The van der Waals surface area contributed by atoms with Crippen LogP contribution in [0.4, 0.5) is 5.69 Å². The molecule has 5 nitrogen and oxygen atoms in total. The van der Waals surface area contributed by atoms with Crippen molar-refractivity contribution < 1.29 is 13.2 Å². The van der Waals surface area contributed by atoms with Crippen LogP contribution in [0.15, 0.2) is 29.2 Å². The summed E-state index contributed by atoms with van der Waals surface area (Å²) in [4.78, 5) is 0.332. The van der Waals surface area contributed by atoms with Gasteiger partial charge in [-0.05, 0) is 45.0 Å². The molecular weight excluding hydrogens is 276 g/mol. The number of sulfonamides is 1. The summed E-state index contributed by atoms with van der Waals surface area (Å²) in [5, 5.41) is 3.31. The Morgan fingerprint density at radius 3 is 2.15 bits per heavy atom. The fraction of sp³-hybridized carbons (Fsp3) is 0.571. The van der Waals surface area contributed by atoms with E-state index < -0.39 is 10.0 Å². The molecule has 0 radical (unpaired) electrons. The zero-order chi connectivity index (χ0) is 14.8. The number of morpholine rings is 1.